The van der Waals surface area contributed by atoms with Gasteiger partial charge in [0.1, 0.15) is 5.82 Å². The predicted molar refractivity (Wildman–Crippen MR) is 115 cm³/mol. The first kappa shape index (κ1) is 20.1. The number of nitrogens with zero attached hydrogens (tertiary/aromatic N) is 2. The summed E-state index contributed by atoms with van der Waals surface area (Å²) in [5.41, 5.74) is 2.39. The Morgan fingerprint density at radius 3 is 2.67 bits per heavy atom. The zero-order chi connectivity index (χ0) is 20.7. The van der Waals surface area contributed by atoms with Gasteiger partial charge in [-0.25, -0.2) is 9.18 Å². The largest absolute Gasteiger partial charge is 0.450 e. The molecule has 6 heteroatoms. The molecule has 2 bridgehead atoms. The number of amides is 1. The third-order valence-electron chi connectivity index (χ3n) is 8.05. The molecule has 2 unspecified atom stereocenters. The average molecular weight is 416 g/mol. The quantitative estimate of drug-likeness (QED) is 0.796. The summed E-state index contributed by atoms with van der Waals surface area (Å²) in [6.45, 7) is 6.55. The Morgan fingerprint density at radius 2 is 1.97 bits per heavy atom. The number of halogens is 1. The van der Waals surface area contributed by atoms with Crippen LogP contribution < -0.4 is 5.32 Å². The maximum atomic E-state index is 13.9. The molecule has 0 aliphatic carbocycles. The molecule has 3 fully saturated rings. The molecule has 2 atom stereocenters. The van der Waals surface area contributed by atoms with Crippen molar-refractivity contribution in [1.29, 1.82) is 0 Å². The molecule has 0 saturated carbocycles. The van der Waals surface area contributed by atoms with Gasteiger partial charge >= 0.3 is 6.09 Å². The summed E-state index contributed by atoms with van der Waals surface area (Å²) >= 11 is 0. The van der Waals surface area contributed by atoms with Crippen LogP contribution in [0, 0.1) is 11.7 Å². The van der Waals surface area contributed by atoms with Crippen LogP contribution >= 0.6 is 0 Å². The Kier molecular flexibility index (Phi) is 5.38. The number of anilines is 1. The highest BCUT2D eigenvalue weighted by atomic mass is 19.1. The lowest BCUT2D eigenvalue weighted by molar-refractivity contribution is -0.00135. The maximum Gasteiger partial charge on any atom is 0.410 e. The summed E-state index contributed by atoms with van der Waals surface area (Å²) in [4.78, 5) is 17.1. The molecular formula is C24H34FN3O2. The van der Waals surface area contributed by atoms with Crippen molar-refractivity contribution in [1.82, 2.24) is 9.80 Å². The average Bonchev–Trinajstić information content (AvgIpc) is 3.07. The summed E-state index contributed by atoms with van der Waals surface area (Å²) in [6, 6.07) is 5.90. The number of rotatable bonds is 3. The van der Waals surface area contributed by atoms with Crippen LogP contribution in [0.25, 0.3) is 0 Å². The van der Waals surface area contributed by atoms with Crippen molar-refractivity contribution >= 4 is 11.8 Å². The molecule has 0 aromatic heterocycles. The number of hydrogen-bond donors (Lipinski definition) is 1. The Balaban J connectivity index is 1.19. The Morgan fingerprint density at radius 1 is 1.23 bits per heavy atom. The van der Waals surface area contributed by atoms with Gasteiger partial charge in [-0.15, -0.1) is 0 Å². The second-order valence-corrected chi connectivity index (χ2v) is 9.81. The fraction of sp³-hybridized carbons (Fsp3) is 0.708. The van der Waals surface area contributed by atoms with Gasteiger partial charge in [0.05, 0.1) is 6.61 Å². The van der Waals surface area contributed by atoms with Gasteiger partial charge in [0.2, 0.25) is 0 Å². The first-order valence-electron chi connectivity index (χ1n) is 11.8. The van der Waals surface area contributed by atoms with E-state index in [-0.39, 0.29) is 17.3 Å². The van der Waals surface area contributed by atoms with Crippen LogP contribution in [-0.4, -0.2) is 60.8 Å². The number of benzene rings is 1. The normalized spacial score (nSPS) is 30.1. The highest BCUT2D eigenvalue weighted by Gasteiger charge is 2.44. The number of fused-ring (bicyclic) bond motifs is 4. The van der Waals surface area contributed by atoms with E-state index in [2.05, 4.69) is 15.1 Å². The summed E-state index contributed by atoms with van der Waals surface area (Å²) in [5, 5.41) is 3.50. The van der Waals surface area contributed by atoms with Crippen molar-refractivity contribution in [3.63, 3.8) is 0 Å². The third kappa shape index (κ3) is 3.57. The van der Waals surface area contributed by atoms with E-state index in [1.165, 1.54) is 12.0 Å². The molecule has 4 heterocycles. The monoisotopic (exact) mass is 415 g/mol. The van der Waals surface area contributed by atoms with Crippen LogP contribution in [-0.2, 0) is 10.2 Å². The number of piperidine rings is 3. The Labute approximate surface area is 178 Å². The lowest BCUT2D eigenvalue weighted by Crippen LogP contribution is -2.56. The molecule has 1 amide bonds. The maximum absolute atomic E-state index is 13.9. The van der Waals surface area contributed by atoms with Gasteiger partial charge in [0.15, 0.2) is 0 Å². The second kappa shape index (κ2) is 8.03. The van der Waals surface area contributed by atoms with E-state index in [4.69, 9.17) is 4.74 Å². The van der Waals surface area contributed by atoms with Gasteiger partial charge in [0, 0.05) is 36.3 Å². The van der Waals surface area contributed by atoms with Crippen molar-refractivity contribution < 1.29 is 13.9 Å². The zero-order valence-electron chi connectivity index (χ0n) is 18.0. The summed E-state index contributed by atoms with van der Waals surface area (Å²) in [7, 11) is 0. The van der Waals surface area contributed by atoms with Gasteiger partial charge < -0.3 is 19.9 Å². The molecule has 0 radical (unpaired) electrons. The molecule has 1 aromatic rings. The zero-order valence-corrected chi connectivity index (χ0v) is 18.0. The molecule has 1 spiro atoms. The summed E-state index contributed by atoms with van der Waals surface area (Å²) < 4.78 is 19.2. The predicted octanol–water partition coefficient (Wildman–Crippen LogP) is 4.37. The number of carbonyl (C=O) groups is 1. The molecule has 4 aliphatic heterocycles. The van der Waals surface area contributed by atoms with E-state index >= 15 is 0 Å². The molecule has 4 aliphatic rings. The van der Waals surface area contributed by atoms with Gasteiger partial charge in [-0.2, -0.15) is 0 Å². The minimum absolute atomic E-state index is 0.0950. The smallest absolute Gasteiger partial charge is 0.410 e. The van der Waals surface area contributed by atoms with E-state index in [9.17, 15) is 9.18 Å². The molecule has 5 nitrogen and oxygen atoms in total. The van der Waals surface area contributed by atoms with Crippen molar-refractivity contribution in [3.8, 4) is 0 Å². The molecule has 30 heavy (non-hydrogen) atoms. The number of likely N-dealkylation sites (tertiary alicyclic amines) is 1. The fourth-order valence-corrected chi connectivity index (χ4v) is 6.58. The number of carbonyl (C=O) groups excluding carboxylic acids is 1. The van der Waals surface area contributed by atoms with Crippen LogP contribution in [0.2, 0.25) is 0 Å². The van der Waals surface area contributed by atoms with E-state index in [0.29, 0.717) is 24.6 Å². The Bertz CT molecular complexity index is 779. The number of hydrogen-bond acceptors (Lipinski definition) is 4. The minimum Gasteiger partial charge on any atom is -0.450 e. The molecule has 164 valence electrons. The highest BCUT2D eigenvalue weighted by Crippen LogP contribution is 2.45. The topological polar surface area (TPSA) is 44.8 Å². The molecular weight excluding hydrogens is 381 g/mol. The Hall–Kier alpha value is -1.82. The first-order chi connectivity index (χ1) is 14.6. The van der Waals surface area contributed by atoms with Gasteiger partial charge in [-0.05, 0) is 94.6 Å². The van der Waals surface area contributed by atoms with Crippen LogP contribution in [0.1, 0.15) is 57.4 Å². The fourth-order valence-electron chi connectivity index (χ4n) is 6.58. The summed E-state index contributed by atoms with van der Waals surface area (Å²) in [5.74, 6) is 0.533. The number of ether oxygens (including phenoxy) is 1. The van der Waals surface area contributed by atoms with E-state index in [0.717, 1.165) is 70.4 Å². The van der Waals surface area contributed by atoms with Crippen molar-refractivity contribution in [2.75, 3.05) is 38.1 Å². The number of nitrogens with one attached hydrogen (secondary N) is 1. The second-order valence-electron chi connectivity index (χ2n) is 9.81. The van der Waals surface area contributed by atoms with Crippen LogP contribution in [0.15, 0.2) is 18.2 Å². The third-order valence-corrected chi connectivity index (χ3v) is 8.05. The molecule has 1 N–H and O–H groups in total. The molecule has 5 rings (SSSR count). The van der Waals surface area contributed by atoms with Crippen molar-refractivity contribution in [2.45, 2.75) is 69.4 Å². The first-order valence-corrected chi connectivity index (χ1v) is 11.8. The molecule has 1 aromatic carbocycles. The lowest BCUT2D eigenvalue weighted by atomic mass is 9.73. The van der Waals surface area contributed by atoms with Gasteiger partial charge in [-0.1, -0.05) is 0 Å². The lowest BCUT2D eigenvalue weighted by Gasteiger charge is -2.49. The van der Waals surface area contributed by atoms with Crippen molar-refractivity contribution in [2.24, 2.45) is 5.92 Å². The van der Waals surface area contributed by atoms with Crippen molar-refractivity contribution in [3.05, 3.63) is 29.6 Å². The van der Waals surface area contributed by atoms with E-state index in [1.807, 2.05) is 13.0 Å². The van der Waals surface area contributed by atoms with Crippen LogP contribution in [0.3, 0.4) is 0 Å². The van der Waals surface area contributed by atoms with Gasteiger partial charge in [0.25, 0.3) is 0 Å². The summed E-state index contributed by atoms with van der Waals surface area (Å²) in [6.07, 6.45) is 7.74. The molecule has 3 saturated heterocycles. The standard InChI is InChI=1S/C24H34FN3O2/c1-2-30-23(29)28-19-4-3-5-20(28)13-17(12-19)15-27-10-8-24(9-11-27)16-26-22-7-6-18(25)14-21(22)24/h6-7,14,17,19-20,26H,2-5,8-13,15-16H2,1H3. The SMILES string of the molecule is CCOC(=O)N1C2CCCC1CC(CN1CCC3(CC1)CNc1ccc(F)cc13)C2. The van der Waals surface area contributed by atoms with Crippen LogP contribution in [0.4, 0.5) is 14.9 Å². The minimum atomic E-state index is -0.126. The van der Waals surface area contributed by atoms with Gasteiger partial charge in [-0.3, -0.25) is 0 Å². The van der Waals surface area contributed by atoms with E-state index < -0.39 is 0 Å². The van der Waals surface area contributed by atoms with Crippen LogP contribution in [0.5, 0.6) is 0 Å². The van der Waals surface area contributed by atoms with E-state index in [1.54, 1.807) is 12.1 Å². The highest BCUT2D eigenvalue weighted by molar-refractivity contribution is 5.69.